The van der Waals surface area contributed by atoms with Crippen LogP contribution in [0.2, 0.25) is 0 Å². The maximum atomic E-state index is 11.7. The minimum absolute atomic E-state index is 0.201. The zero-order valence-corrected chi connectivity index (χ0v) is 14.1. The van der Waals surface area contributed by atoms with E-state index in [1.165, 1.54) is 28.2 Å². The number of sulfone groups is 1. The van der Waals surface area contributed by atoms with Gasteiger partial charge in [0.1, 0.15) is 0 Å². The fourth-order valence-electron chi connectivity index (χ4n) is 3.41. The van der Waals surface area contributed by atoms with E-state index >= 15 is 0 Å². The summed E-state index contributed by atoms with van der Waals surface area (Å²) in [5, 5.41) is 2.35. The van der Waals surface area contributed by atoms with E-state index in [9.17, 15) is 8.42 Å². The van der Waals surface area contributed by atoms with Gasteiger partial charge in [-0.05, 0) is 41.3 Å². The standard InChI is InChI=1S/C18H23NO2S/c1-3-14-8-9-15-6-4-5-7-17(15)18(14)13-19-11-10-16(12-19)22(2,20)21/h4-9,16H,3,10-13H2,1-2H3. The molecular weight excluding hydrogens is 294 g/mol. The molecule has 0 spiro atoms. The number of hydrogen-bond acceptors (Lipinski definition) is 3. The summed E-state index contributed by atoms with van der Waals surface area (Å²) in [7, 11) is -2.93. The van der Waals surface area contributed by atoms with Crippen LogP contribution in [-0.4, -0.2) is 37.9 Å². The van der Waals surface area contributed by atoms with E-state index < -0.39 is 9.84 Å². The van der Waals surface area contributed by atoms with Gasteiger partial charge < -0.3 is 0 Å². The Morgan fingerprint density at radius 1 is 1.18 bits per heavy atom. The van der Waals surface area contributed by atoms with Crippen LogP contribution in [0.5, 0.6) is 0 Å². The second-order valence-corrected chi connectivity index (χ2v) is 8.58. The van der Waals surface area contributed by atoms with Crippen molar-refractivity contribution in [2.45, 2.75) is 31.6 Å². The monoisotopic (exact) mass is 317 g/mol. The Balaban J connectivity index is 1.91. The summed E-state index contributed by atoms with van der Waals surface area (Å²) >= 11 is 0. The van der Waals surface area contributed by atoms with E-state index in [1.807, 2.05) is 0 Å². The lowest BCUT2D eigenvalue weighted by Crippen LogP contribution is -2.26. The molecule has 1 unspecified atom stereocenters. The van der Waals surface area contributed by atoms with Crippen LogP contribution in [0.15, 0.2) is 36.4 Å². The highest BCUT2D eigenvalue weighted by atomic mass is 32.2. The van der Waals surface area contributed by atoms with Crippen molar-refractivity contribution in [3.05, 3.63) is 47.5 Å². The van der Waals surface area contributed by atoms with Crippen LogP contribution in [0.25, 0.3) is 10.8 Å². The lowest BCUT2D eigenvalue weighted by atomic mass is 9.97. The highest BCUT2D eigenvalue weighted by Gasteiger charge is 2.30. The molecule has 22 heavy (non-hydrogen) atoms. The van der Waals surface area contributed by atoms with Crippen molar-refractivity contribution in [3.63, 3.8) is 0 Å². The van der Waals surface area contributed by atoms with Gasteiger partial charge in [0.05, 0.1) is 5.25 Å². The molecule has 1 fully saturated rings. The Kier molecular flexibility index (Phi) is 4.24. The number of benzene rings is 2. The summed E-state index contributed by atoms with van der Waals surface area (Å²) < 4.78 is 23.5. The molecule has 1 saturated heterocycles. The second kappa shape index (κ2) is 6.01. The Hall–Kier alpha value is -1.39. The minimum atomic E-state index is -2.93. The molecule has 1 aliphatic heterocycles. The Morgan fingerprint density at radius 3 is 2.64 bits per heavy atom. The first-order valence-corrected chi connectivity index (χ1v) is 9.85. The first kappa shape index (κ1) is 15.5. The molecule has 0 bridgehead atoms. The Morgan fingerprint density at radius 2 is 1.95 bits per heavy atom. The quantitative estimate of drug-likeness (QED) is 0.870. The molecule has 3 rings (SSSR count). The van der Waals surface area contributed by atoms with Crippen molar-refractivity contribution in [2.24, 2.45) is 0 Å². The van der Waals surface area contributed by atoms with Crippen LogP contribution in [0.4, 0.5) is 0 Å². The van der Waals surface area contributed by atoms with Gasteiger partial charge in [-0.1, -0.05) is 43.3 Å². The van der Waals surface area contributed by atoms with Gasteiger partial charge in [0.2, 0.25) is 0 Å². The second-order valence-electron chi connectivity index (χ2n) is 6.25. The predicted octanol–water partition coefficient (Wildman–Crippen LogP) is 3.02. The summed E-state index contributed by atoms with van der Waals surface area (Å²) in [6.07, 6.45) is 3.12. The number of hydrogen-bond donors (Lipinski definition) is 0. The fourth-order valence-corrected chi connectivity index (χ4v) is 4.43. The molecule has 0 N–H and O–H groups in total. The van der Waals surface area contributed by atoms with Gasteiger partial charge in [0.15, 0.2) is 9.84 Å². The van der Waals surface area contributed by atoms with Crippen LogP contribution in [0.1, 0.15) is 24.5 Å². The van der Waals surface area contributed by atoms with E-state index in [1.54, 1.807) is 0 Å². The van der Waals surface area contributed by atoms with Gasteiger partial charge >= 0.3 is 0 Å². The van der Waals surface area contributed by atoms with Gasteiger partial charge in [-0.15, -0.1) is 0 Å². The molecule has 3 nitrogen and oxygen atoms in total. The molecule has 0 amide bonds. The number of nitrogens with zero attached hydrogens (tertiary/aromatic N) is 1. The number of fused-ring (bicyclic) bond motifs is 1. The van der Waals surface area contributed by atoms with E-state index in [4.69, 9.17) is 0 Å². The number of likely N-dealkylation sites (tertiary alicyclic amines) is 1. The molecule has 1 atom stereocenters. The first-order valence-electron chi connectivity index (χ1n) is 7.89. The summed E-state index contributed by atoms with van der Waals surface area (Å²) in [5.41, 5.74) is 2.72. The summed E-state index contributed by atoms with van der Waals surface area (Å²) in [4.78, 5) is 2.28. The molecule has 118 valence electrons. The largest absolute Gasteiger partial charge is 0.298 e. The normalized spacial score (nSPS) is 19.8. The topological polar surface area (TPSA) is 37.4 Å². The van der Waals surface area contributed by atoms with E-state index in [0.717, 1.165) is 25.9 Å². The SMILES string of the molecule is CCc1ccc2ccccc2c1CN1CCC(S(C)(=O)=O)C1. The van der Waals surface area contributed by atoms with Crippen molar-refractivity contribution in [1.29, 1.82) is 0 Å². The van der Waals surface area contributed by atoms with Crippen molar-refractivity contribution >= 4 is 20.6 Å². The zero-order chi connectivity index (χ0) is 15.7. The van der Waals surface area contributed by atoms with Crippen LogP contribution in [-0.2, 0) is 22.8 Å². The van der Waals surface area contributed by atoms with Gasteiger partial charge in [-0.3, -0.25) is 4.90 Å². The summed E-state index contributed by atoms with van der Waals surface area (Å²) in [5.74, 6) is 0. The highest BCUT2D eigenvalue weighted by molar-refractivity contribution is 7.91. The molecule has 0 radical (unpaired) electrons. The summed E-state index contributed by atoms with van der Waals surface area (Å²) in [6, 6.07) is 12.8. The van der Waals surface area contributed by atoms with Gasteiger partial charge in [0.25, 0.3) is 0 Å². The Bertz CT molecular complexity index is 783. The number of aryl methyl sites for hydroxylation is 1. The third-order valence-electron chi connectivity index (χ3n) is 4.73. The van der Waals surface area contributed by atoms with Gasteiger partial charge in [-0.2, -0.15) is 0 Å². The molecule has 0 aliphatic carbocycles. The molecule has 1 aliphatic rings. The maximum absolute atomic E-state index is 11.7. The molecule has 0 saturated carbocycles. The van der Waals surface area contributed by atoms with Crippen molar-refractivity contribution in [1.82, 2.24) is 4.90 Å². The average Bonchev–Trinajstić information content (AvgIpc) is 2.96. The van der Waals surface area contributed by atoms with E-state index in [2.05, 4.69) is 48.2 Å². The molecule has 2 aromatic rings. The van der Waals surface area contributed by atoms with Crippen molar-refractivity contribution in [2.75, 3.05) is 19.3 Å². The fraction of sp³-hybridized carbons (Fsp3) is 0.444. The zero-order valence-electron chi connectivity index (χ0n) is 13.2. The molecule has 2 aromatic carbocycles. The van der Waals surface area contributed by atoms with Crippen LogP contribution in [0, 0.1) is 0 Å². The highest BCUT2D eigenvalue weighted by Crippen LogP contribution is 2.26. The minimum Gasteiger partial charge on any atom is -0.298 e. The molecule has 4 heteroatoms. The summed E-state index contributed by atoms with van der Waals surface area (Å²) in [6.45, 7) is 4.54. The molecule has 0 aromatic heterocycles. The Labute approximate surface area is 132 Å². The molecule has 1 heterocycles. The van der Waals surface area contributed by atoms with Gasteiger partial charge in [0, 0.05) is 19.3 Å². The third-order valence-corrected chi connectivity index (χ3v) is 6.33. The average molecular weight is 317 g/mol. The van der Waals surface area contributed by atoms with Crippen LogP contribution in [0.3, 0.4) is 0 Å². The lowest BCUT2D eigenvalue weighted by molar-refractivity contribution is 0.331. The number of rotatable bonds is 4. The van der Waals surface area contributed by atoms with Crippen molar-refractivity contribution < 1.29 is 8.42 Å². The van der Waals surface area contributed by atoms with E-state index in [-0.39, 0.29) is 5.25 Å². The third kappa shape index (κ3) is 3.03. The van der Waals surface area contributed by atoms with Crippen LogP contribution >= 0.6 is 0 Å². The van der Waals surface area contributed by atoms with Crippen LogP contribution < -0.4 is 0 Å². The molecular formula is C18H23NO2S. The maximum Gasteiger partial charge on any atom is 0.151 e. The lowest BCUT2D eigenvalue weighted by Gasteiger charge is -2.20. The smallest absolute Gasteiger partial charge is 0.151 e. The van der Waals surface area contributed by atoms with Crippen molar-refractivity contribution in [3.8, 4) is 0 Å². The van der Waals surface area contributed by atoms with E-state index in [0.29, 0.717) is 6.54 Å². The van der Waals surface area contributed by atoms with Gasteiger partial charge in [-0.25, -0.2) is 8.42 Å². The predicted molar refractivity (Wildman–Crippen MR) is 91.9 cm³/mol. The first-order chi connectivity index (χ1) is 10.5.